The molecule has 0 unspecified atom stereocenters. The van der Waals surface area contributed by atoms with Gasteiger partial charge in [0.15, 0.2) is 0 Å². The average molecular weight is 410 g/mol. The first-order valence-corrected chi connectivity index (χ1v) is 8.77. The Bertz CT molecular complexity index is 810. The Morgan fingerprint density at radius 1 is 1.19 bits per heavy atom. The molecule has 0 aliphatic rings. The van der Waals surface area contributed by atoms with Crippen molar-refractivity contribution in [2.75, 3.05) is 10.5 Å². The molecule has 0 fully saturated rings. The third-order valence-electron chi connectivity index (χ3n) is 2.75. The van der Waals surface area contributed by atoms with Crippen molar-refractivity contribution in [2.45, 2.75) is 11.8 Å². The number of nitrogen functional groups attached to an aromatic ring is 1. The van der Waals surface area contributed by atoms with Crippen molar-refractivity contribution >= 4 is 60.5 Å². The van der Waals surface area contributed by atoms with E-state index in [4.69, 9.17) is 28.9 Å². The number of rotatable bonds is 3. The van der Waals surface area contributed by atoms with Gasteiger partial charge in [0.2, 0.25) is 0 Å². The van der Waals surface area contributed by atoms with E-state index in [0.717, 1.165) is 5.56 Å². The zero-order valence-electron chi connectivity index (χ0n) is 10.8. The predicted octanol–water partition coefficient (Wildman–Crippen LogP) is 4.45. The fourth-order valence-electron chi connectivity index (χ4n) is 1.69. The van der Waals surface area contributed by atoms with Gasteiger partial charge in [0.25, 0.3) is 10.0 Å². The quantitative estimate of drug-likeness (QED) is 0.735. The molecule has 21 heavy (non-hydrogen) atoms. The molecule has 2 aromatic rings. The monoisotopic (exact) mass is 408 g/mol. The lowest BCUT2D eigenvalue weighted by Crippen LogP contribution is -2.15. The van der Waals surface area contributed by atoms with Crippen LogP contribution in [-0.2, 0) is 10.0 Å². The second-order valence-corrected chi connectivity index (χ2v) is 7.72. The first-order chi connectivity index (χ1) is 9.70. The van der Waals surface area contributed by atoms with Gasteiger partial charge >= 0.3 is 0 Å². The van der Waals surface area contributed by atoms with E-state index in [1.54, 1.807) is 6.07 Å². The van der Waals surface area contributed by atoms with Crippen LogP contribution in [0.4, 0.5) is 11.4 Å². The number of nitrogens with one attached hydrogen (secondary N) is 1. The molecule has 0 bridgehead atoms. The van der Waals surface area contributed by atoms with Crippen molar-refractivity contribution in [3.05, 3.63) is 50.4 Å². The third kappa shape index (κ3) is 3.63. The molecule has 0 atom stereocenters. The van der Waals surface area contributed by atoms with Crippen molar-refractivity contribution in [3.8, 4) is 0 Å². The Balaban J connectivity index is 2.45. The number of sulfonamides is 1. The summed E-state index contributed by atoms with van der Waals surface area (Å²) in [7, 11) is -3.84. The van der Waals surface area contributed by atoms with Crippen molar-refractivity contribution in [1.82, 2.24) is 0 Å². The van der Waals surface area contributed by atoms with Gasteiger partial charge in [-0.15, -0.1) is 0 Å². The van der Waals surface area contributed by atoms with Crippen LogP contribution in [0.2, 0.25) is 10.0 Å². The Hall–Kier alpha value is -0.950. The van der Waals surface area contributed by atoms with Gasteiger partial charge in [-0.25, -0.2) is 8.42 Å². The molecule has 0 heterocycles. The summed E-state index contributed by atoms with van der Waals surface area (Å²) in [5.41, 5.74) is 6.95. The van der Waals surface area contributed by atoms with Crippen molar-refractivity contribution in [2.24, 2.45) is 0 Å². The zero-order chi connectivity index (χ0) is 15.8. The molecule has 0 spiro atoms. The summed E-state index contributed by atoms with van der Waals surface area (Å²) in [6.07, 6.45) is 0. The van der Waals surface area contributed by atoms with Crippen LogP contribution in [0.5, 0.6) is 0 Å². The Kier molecular flexibility index (Phi) is 4.72. The SMILES string of the molecule is Cc1cc(Br)c(NS(=O)(=O)c2ccc(Cl)cc2N)cc1Cl. The van der Waals surface area contributed by atoms with Gasteiger partial charge in [-0.2, -0.15) is 0 Å². The number of hydrogen-bond donors (Lipinski definition) is 2. The van der Waals surface area contributed by atoms with Crippen LogP contribution in [0.1, 0.15) is 5.56 Å². The third-order valence-corrected chi connectivity index (χ3v) is 5.49. The second kappa shape index (κ2) is 6.04. The molecule has 8 heteroatoms. The predicted molar refractivity (Wildman–Crippen MR) is 90.6 cm³/mol. The fraction of sp³-hybridized carbons (Fsp3) is 0.0769. The minimum atomic E-state index is -3.84. The van der Waals surface area contributed by atoms with E-state index in [0.29, 0.717) is 20.2 Å². The molecule has 2 aromatic carbocycles. The summed E-state index contributed by atoms with van der Waals surface area (Å²) in [5.74, 6) is 0. The van der Waals surface area contributed by atoms with E-state index in [1.165, 1.54) is 24.3 Å². The highest BCUT2D eigenvalue weighted by atomic mass is 79.9. The van der Waals surface area contributed by atoms with E-state index in [9.17, 15) is 8.42 Å². The van der Waals surface area contributed by atoms with Crippen LogP contribution in [0.3, 0.4) is 0 Å². The molecule has 0 aliphatic carbocycles. The lowest BCUT2D eigenvalue weighted by molar-refractivity contribution is 0.601. The molecule has 2 rings (SSSR count). The normalized spacial score (nSPS) is 11.4. The molecular weight excluding hydrogens is 399 g/mol. The average Bonchev–Trinajstić information content (AvgIpc) is 2.35. The number of hydrogen-bond acceptors (Lipinski definition) is 3. The minimum Gasteiger partial charge on any atom is -0.398 e. The maximum absolute atomic E-state index is 12.4. The maximum atomic E-state index is 12.4. The van der Waals surface area contributed by atoms with Crippen LogP contribution < -0.4 is 10.5 Å². The van der Waals surface area contributed by atoms with Crippen LogP contribution in [-0.4, -0.2) is 8.42 Å². The van der Waals surface area contributed by atoms with Gasteiger partial charge in [-0.3, -0.25) is 4.72 Å². The van der Waals surface area contributed by atoms with E-state index in [1.807, 2.05) is 6.92 Å². The van der Waals surface area contributed by atoms with Crippen molar-refractivity contribution in [1.29, 1.82) is 0 Å². The standard InChI is InChI=1S/C13H11BrCl2N2O2S/c1-7-4-9(14)12(6-10(7)16)18-21(19,20)13-3-2-8(15)5-11(13)17/h2-6,18H,17H2,1H3. The minimum absolute atomic E-state index is 0.0458. The summed E-state index contributed by atoms with van der Waals surface area (Å²) in [6, 6.07) is 7.46. The Morgan fingerprint density at radius 3 is 2.48 bits per heavy atom. The largest absolute Gasteiger partial charge is 0.398 e. The fourth-order valence-corrected chi connectivity index (χ4v) is 3.91. The Morgan fingerprint density at radius 2 is 1.86 bits per heavy atom. The number of nitrogens with two attached hydrogens (primary N) is 1. The van der Waals surface area contributed by atoms with E-state index < -0.39 is 10.0 Å². The van der Waals surface area contributed by atoms with Gasteiger partial charge in [-0.05, 0) is 58.7 Å². The van der Waals surface area contributed by atoms with Crippen molar-refractivity contribution in [3.63, 3.8) is 0 Å². The number of aryl methyl sites for hydroxylation is 1. The van der Waals surface area contributed by atoms with Crippen LogP contribution in [0.15, 0.2) is 39.7 Å². The van der Waals surface area contributed by atoms with Crippen molar-refractivity contribution < 1.29 is 8.42 Å². The molecule has 0 saturated heterocycles. The number of anilines is 2. The summed E-state index contributed by atoms with van der Waals surface area (Å²) < 4.78 is 27.8. The lowest BCUT2D eigenvalue weighted by atomic mass is 10.2. The highest BCUT2D eigenvalue weighted by Gasteiger charge is 2.19. The number of benzene rings is 2. The van der Waals surface area contributed by atoms with Crippen LogP contribution in [0.25, 0.3) is 0 Å². The van der Waals surface area contributed by atoms with E-state index >= 15 is 0 Å². The molecule has 3 N–H and O–H groups in total. The second-order valence-electron chi connectivity index (χ2n) is 4.37. The van der Waals surface area contributed by atoms with E-state index in [2.05, 4.69) is 20.7 Å². The molecule has 0 radical (unpaired) electrons. The van der Waals surface area contributed by atoms with Gasteiger partial charge < -0.3 is 5.73 Å². The topological polar surface area (TPSA) is 72.2 Å². The highest BCUT2D eigenvalue weighted by Crippen LogP contribution is 2.32. The Labute approximate surface area is 141 Å². The highest BCUT2D eigenvalue weighted by molar-refractivity contribution is 9.10. The number of halogens is 3. The molecule has 0 amide bonds. The summed E-state index contributed by atoms with van der Waals surface area (Å²) >= 11 is 15.1. The molecule has 0 aromatic heterocycles. The lowest BCUT2D eigenvalue weighted by Gasteiger charge is -2.13. The summed E-state index contributed by atoms with van der Waals surface area (Å²) in [5, 5.41) is 0.825. The summed E-state index contributed by atoms with van der Waals surface area (Å²) in [4.78, 5) is -0.0458. The first kappa shape index (κ1) is 16.4. The van der Waals surface area contributed by atoms with Gasteiger partial charge in [0.1, 0.15) is 4.90 Å². The molecule has 4 nitrogen and oxygen atoms in total. The molecule has 0 saturated carbocycles. The maximum Gasteiger partial charge on any atom is 0.263 e. The van der Waals surface area contributed by atoms with E-state index in [-0.39, 0.29) is 10.6 Å². The van der Waals surface area contributed by atoms with Gasteiger partial charge in [0.05, 0.1) is 11.4 Å². The van der Waals surface area contributed by atoms with Crippen LogP contribution in [0, 0.1) is 6.92 Å². The summed E-state index contributed by atoms with van der Waals surface area (Å²) in [6.45, 7) is 1.82. The van der Waals surface area contributed by atoms with Crippen LogP contribution >= 0.6 is 39.1 Å². The molecule has 0 aliphatic heterocycles. The zero-order valence-corrected chi connectivity index (χ0v) is 14.7. The van der Waals surface area contributed by atoms with Gasteiger partial charge in [-0.1, -0.05) is 23.2 Å². The first-order valence-electron chi connectivity index (χ1n) is 5.74. The smallest absolute Gasteiger partial charge is 0.263 e. The molecular formula is C13H11BrCl2N2O2S. The molecule has 112 valence electrons. The van der Waals surface area contributed by atoms with Gasteiger partial charge in [0, 0.05) is 14.5 Å².